The molecule has 7 heteroatoms. The summed E-state index contributed by atoms with van der Waals surface area (Å²) in [5.41, 5.74) is 0.350. The Morgan fingerprint density at radius 2 is 1.83 bits per heavy atom. The number of ether oxygens (including phenoxy) is 1. The van der Waals surface area contributed by atoms with Gasteiger partial charge in [0.1, 0.15) is 0 Å². The molecule has 0 aromatic rings. The van der Waals surface area contributed by atoms with Crippen LogP contribution in [-0.4, -0.2) is 88.4 Å². The standard InChI is InChI=1S/C22H43N5O.HI/c1-3-23-21(24-16-20-8-7-11-26(2)17-20)25-18-22(9-5-4-6-10-22)19-27-12-14-28-15-13-27;/h20H,3-19H2,1-2H3,(H2,23,24,25);1H. The number of guanidine groups is 1. The summed E-state index contributed by atoms with van der Waals surface area (Å²) in [5, 5.41) is 7.14. The lowest BCUT2D eigenvalue weighted by molar-refractivity contribution is 0.00937. The van der Waals surface area contributed by atoms with Crippen LogP contribution in [0.5, 0.6) is 0 Å². The SMILES string of the molecule is CCNC(=NCC1(CN2CCOCC2)CCCCC1)NCC1CCCN(C)C1.I. The minimum atomic E-state index is 0. The molecule has 29 heavy (non-hydrogen) atoms. The largest absolute Gasteiger partial charge is 0.379 e. The van der Waals surface area contributed by atoms with Crippen molar-refractivity contribution in [2.24, 2.45) is 16.3 Å². The fourth-order valence-electron chi connectivity index (χ4n) is 5.17. The molecule has 0 radical (unpaired) electrons. The second kappa shape index (κ2) is 13.3. The van der Waals surface area contributed by atoms with Gasteiger partial charge in [0.25, 0.3) is 0 Å². The maximum absolute atomic E-state index is 5.56. The van der Waals surface area contributed by atoms with Gasteiger partial charge >= 0.3 is 0 Å². The number of nitrogens with one attached hydrogen (secondary N) is 2. The van der Waals surface area contributed by atoms with Crippen LogP contribution in [0.1, 0.15) is 51.9 Å². The van der Waals surface area contributed by atoms with Crippen molar-refractivity contribution in [1.29, 1.82) is 0 Å². The predicted molar refractivity (Wildman–Crippen MR) is 132 cm³/mol. The monoisotopic (exact) mass is 521 g/mol. The number of morpholine rings is 1. The van der Waals surface area contributed by atoms with Gasteiger partial charge in [-0.25, -0.2) is 0 Å². The van der Waals surface area contributed by atoms with E-state index in [9.17, 15) is 0 Å². The third kappa shape index (κ3) is 8.50. The van der Waals surface area contributed by atoms with E-state index in [4.69, 9.17) is 9.73 Å². The first-order valence-electron chi connectivity index (χ1n) is 11.7. The molecule has 2 N–H and O–H groups in total. The van der Waals surface area contributed by atoms with E-state index < -0.39 is 0 Å². The van der Waals surface area contributed by atoms with Crippen molar-refractivity contribution in [2.75, 3.05) is 72.6 Å². The molecule has 0 aromatic heterocycles. The summed E-state index contributed by atoms with van der Waals surface area (Å²) in [5.74, 6) is 1.75. The smallest absolute Gasteiger partial charge is 0.191 e. The van der Waals surface area contributed by atoms with Crippen LogP contribution in [0.4, 0.5) is 0 Å². The van der Waals surface area contributed by atoms with Crippen LogP contribution in [0.3, 0.4) is 0 Å². The molecular weight excluding hydrogens is 477 g/mol. The number of hydrogen-bond acceptors (Lipinski definition) is 4. The van der Waals surface area contributed by atoms with Gasteiger partial charge in [-0.15, -0.1) is 24.0 Å². The van der Waals surface area contributed by atoms with Crippen LogP contribution in [0.25, 0.3) is 0 Å². The van der Waals surface area contributed by atoms with Crippen molar-refractivity contribution in [3.05, 3.63) is 0 Å². The van der Waals surface area contributed by atoms with E-state index in [2.05, 4.69) is 34.4 Å². The van der Waals surface area contributed by atoms with Crippen molar-refractivity contribution >= 4 is 29.9 Å². The second-order valence-electron chi connectivity index (χ2n) is 9.30. The Balaban J connectivity index is 0.00000300. The average Bonchev–Trinajstić information content (AvgIpc) is 2.72. The van der Waals surface area contributed by atoms with E-state index in [0.717, 1.165) is 57.8 Å². The van der Waals surface area contributed by atoms with Gasteiger partial charge in [-0.1, -0.05) is 19.3 Å². The van der Waals surface area contributed by atoms with Crippen molar-refractivity contribution in [1.82, 2.24) is 20.4 Å². The van der Waals surface area contributed by atoms with Gasteiger partial charge < -0.3 is 20.3 Å². The number of nitrogens with zero attached hydrogens (tertiary/aromatic N) is 3. The zero-order valence-electron chi connectivity index (χ0n) is 18.8. The molecule has 2 saturated heterocycles. The van der Waals surface area contributed by atoms with Gasteiger partial charge in [0.2, 0.25) is 0 Å². The Morgan fingerprint density at radius 3 is 2.52 bits per heavy atom. The lowest BCUT2D eigenvalue weighted by Crippen LogP contribution is -2.47. The molecule has 0 bridgehead atoms. The summed E-state index contributed by atoms with van der Waals surface area (Å²) < 4.78 is 5.56. The number of hydrogen-bond donors (Lipinski definition) is 2. The summed E-state index contributed by atoms with van der Waals surface area (Å²) in [4.78, 5) is 10.2. The fourth-order valence-corrected chi connectivity index (χ4v) is 5.17. The second-order valence-corrected chi connectivity index (χ2v) is 9.30. The third-order valence-electron chi connectivity index (χ3n) is 6.77. The molecule has 6 nitrogen and oxygen atoms in total. The molecule has 1 atom stereocenters. The van der Waals surface area contributed by atoms with Crippen molar-refractivity contribution in [3.8, 4) is 0 Å². The molecule has 3 rings (SSSR count). The molecule has 2 heterocycles. The number of aliphatic imine (C=N–C) groups is 1. The molecule has 3 fully saturated rings. The van der Waals surface area contributed by atoms with Gasteiger partial charge in [0.15, 0.2) is 5.96 Å². The number of piperidine rings is 1. The van der Waals surface area contributed by atoms with Gasteiger partial charge in [0, 0.05) is 51.2 Å². The molecule has 0 aromatic carbocycles. The van der Waals surface area contributed by atoms with E-state index in [1.807, 2.05) is 0 Å². The highest BCUT2D eigenvalue weighted by Crippen LogP contribution is 2.37. The van der Waals surface area contributed by atoms with E-state index in [1.165, 1.54) is 64.6 Å². The first-order valence-corrected chi connectivity index (χ1v) is 11.7. The Morgan fingerprint density at radius 1 is 1.07 bits per heavy atom. The van der Waals surface area contributed by atoms with Gasteiger partial charge in [-0.2, -0.15) is 0 Å². The molecule has 3 aliphatic rings. The summed E-state index contributed by atoms with van der Waals surface area (Å²) in [7, 11) is 2.24. The number of rotatable bonds is 7. The van der Waals surface area contributed by atoms with E-state index in [1.54, 1.807) is 0 Å². The predicted octanol–water partition coefficient (Wildman–Crippen LogP) is 2.78. The summed E-state index contributed by atoms with van der Waals surface area (Å²) >= 11 is 0. The number of likely N-dealkylation sites (tertiary alicyclic amines) is 1. The normalized spacial score (nSPS) is 26.6. The zero-order chi connectivity index (χ0) is 19.7. The van der Waals surface area contributed by atoms with E-state index in [0.29, 0.717) is 5.41 Å². The van der Waals surface area contributed by atoms with E-state index in [-0.39, 0.29) is 24.0 Å². The van der Waals surface area contributed by atoms with Crippen LogP contribution < -0.4 is 10.6 Å². The molecule has 170 valence electrons. The van der Waals surface area contributed by atoms with Crippen LogP contribution in [0.2, 0.25) is 0 Å². The topological polar surface area (TPSA) is 52.1 Å². The Labute approximate surface area is 195 Å². The van der Waals surface area contributed by atoms with Crippen LogP contribution in [-0.2, 0) is 4.74 Å². The minimum absolute atomic E-state index is 0. The minimum Gasteiger partial charge on any atom is -0.379 e. The lowest BCUT2D eigenvalue weighted by Gasteiger charge is -2.41. The molecular formula is C22H44IN5O. The third-order valence-corrected chi connectivity index (χ3v) is 6.77. The summed E-state index contributed by atoms with van der Waals surface area (Å²) in [6.45, 7) is 12.6. The molecule has 2 aliphatic heterocycles. The first-order chi connectivity index (χ1) is 13.7. The Kier molecular flexibility index (Phi) is 11.6. The highest BCUT2D eigenvalue weighted by Gasteiger charge is 2.34. The maximum Gasteiger partial charge on any atom is 0.191 e. The molecule has 1 aliphatic carbocycles. The Hall–Kier alpha value is -0.120. The molecule has 1 saturated carbocycles. The average molecular weight is 522 g/mol. The van der Waals surface area contributed by atoms with Gasteiger partial charge in [-0.3, -0.25) is 9.89 Å². The van der Waals surface area contributed by atoms with E-state index >= 15 is 0 Å². The Bertz CT molecular complexity index is 478. The van der Waals surface area contributed by atoms with Crippen molar-refractivity contribution < 1.29 is 4.74 Å². The lowest BCUT2D eigenvalue weighted by atomic mass is 9.73. The highest BCUT2D eigenvalue weighted by molar-refractivity contribution is 14.0. The highest BCUT2D eigenvalue weighted by atomic mass is 127. The van der Waals surface area contributed by atoms with Crippen molar-refractivity contribution in [3.63, 3.8) is 0 Å². The quantitative estimate of drug-likeness (QED) is 0.307. The van der Waals surface area contributed by atoms with Crippen molar-refractivity contribution in [2.45, 2.75) is 51.9 Å². The fraction of sp³-hybridized carbons (Fsp3) is 0.955. The molecule has 0 amide bonds. The summed E-state index contributed by atoms with van der Waals surface area (Å²) in [6.07, 6.45) is 9.40. The van der Waals surface area contributed by atoms with Crippen LogP contribution >= 0.6 is 24.0 Å². The zero-order valence-corrected chi connectivity index (χ0v) is 21.1. The maximum atomic E-state index is 5.56. The van der Waals surface area contributed by atoms with Crippen LogP contribution in [0, 0.1) is 11.3 Å². The van der Waals surface area contributed by atoms with Crippen LogP contribution in [0.15, 0.2) is 4.99 Å². The van der Waals surface area contributed by atoms with Gasteiger partial charge in [-0.05, 0) is 52.1 Å². The number of halogens is 1. The molecule has 0 spiro atoms. The van der Waals surface area contributed by atoms with Gasteiger partial charge in [0.05, 0.1) is 13.2 Å². The first kappa shape index (κ1) is 25.1. The molecule has 1 unspecified atom stereocenters. The summed E-state index contributed by atoms with van der Waals surface area (Å²) in [6, 6.07) is 0.